The number of carbonyl (C=O) groups excluding carboxylic acids is 3. The fourth-order valence-corrected chi connectivity index (χ4v) is 5.03. The van der Waals surface area contributed by atoms with Crippen LogP contribution in [0.25, 0.3) is 0 Å². The molecule has 0 aromatic heterocycles. The highest BCUT2D eigenvalue weighted by Gasteiger charge is 2.34. The van der Waals surface area contributed by atoms with Gasteiger partial charge in [0.25, 0.3) is 0 Å². The van der Waals surface area contributed by atoms with Crippen LogP contribution >= 0.6 is 0 Å². The van der Waals surface area contributed by atoms with Gasteiger partial charge >= 0.3 is 0 Å². The molecule has 1 atom stereocenters. The van der Waals surface area contributed by atoms with Crippen molar-refractivity contribution in [3.63, 3.8) is 0 Å². The number of amides is 3. The first-order chi connectivity index (χ1) is 16.9. The molecule has 1 saturated heterocycles. The summed E-state index contributed by atoms with van der Waals surface area (Å²) in [6.45, 7) is 5.51. The van der Waals surface area contributed by atoms with E-state index in [0.29, 0.717) is 38.5 Å². The van der Waals surface area contributed by atoms with Gasteiger partial charge in [0, 0.05) is 31.6 Å². The molecule has 0 bridgehead atoms. The molecule has 2 fully saturated rings. The van der Waals surface area contributed by atoms with Gasteiger partial charge in [-0.1, -0.05) is 19.3 Å². The number of benzene rings is 1. The summed E-state index contributed by atoms with van der Waals surface area (Å²) in [6.07, 6.45) is 6.31. The lowest BCUT2D eigenvalue weighted by Gasteiger charge is -2.35. The second-order valence-corrected chi connectivity index (χ2v) is 9.68. The first kappa shape index (κ1) is 25.0. The summed E-state index contributed by atoms with van der Waals surface area (Å²) < 4.78 is 5.97. The summed E-state index contributed by atoms with van der Waals surface area (Å²) in [5, 5.41) is 2.79. The van der Waals surface area contributed by atoms with Crippen LogP contribution in [-0.2, 0) is 14.4 Å². The van der Waals surface area contributed by atoms with E-state index in [2.05, 4.69) is 10.3 Å². The van der Waals surface area contributed by atoms with E-state index in [1.807, 2.05) is 41.8 Å². The van der Waals surface area contributed by atoms with Crippen molar-refractivity contribution in [1.82, 2.24) is 20.0 Å². The Bertz CT molecular complexity index is 988. The lowest BCUT2D eigenvalue weighted by atomic mass is 9.94. The number of aliphatic imine (C=N–C) groups is 1. The topological polar surface area (TPSA) is 94.6 Å². The Hall–Kier alpha value is -3.10. The highest BCUT2D eigenvalue weighted by atomic mass is 16.5. The summed E-state index contributed by atoms with van der Waals surface area (Å²) in [4.78, 5) is 47.4. The zero-order chi connectivity index (χ0) is 24.9. The van der Waals surface area contributed by atoms with E-state index >= 15 is 0 Å². The SMILES string of the molecule is CCN(C)C(=O)CN(C(=O)CCCOc1ccc2c(c1)C(C)N1CC(=O)NC1=N2)C1CCCCC1. The van der Waals surface area contributed by atoms with Crippen LogP contribution in [0, 0.1) is 0 Å². The number of likely N-dealkylation sites (N-methyl/N-ethyl adjacent to an activating group) is 1. The number of hydrogen-bond acceptors (Lipinski definition) is 6. The molecule has 4 rings (SSSR count). The molecular weight excluding hydrogens is 446 g/mol. The third-order valence-corrected chi connectivity index (χ3v) is 7.33. The molecule has 9 nitrogen and oxygen atoms in total. The van der Waals surface area contributed by atoms with Crippen molar-refractivity contribution in [3.8, 4) is 5.75 Å². The maximum Gasteiger partial charge on any atom is 0.246 e. The number of rotatable bonds is 9. The third-order valence-electron chi connectivity index (χ3n) is 7.33. The smallest absolute Gasteiger partial charge is 0.246 e. The molecule has 1 unspecified atom stereocenters. The van der Waals surface area contributed by atoms with Gasteiger partial charge in [-0.2, -0.15) is 0 Å². The predicted molar refractivity (Wildman–Crippen MR) is 133 cm³/mol. The molecule has 1 aliphatic carbocycles. The van der Waals surface area contributed by atoms with E-state index < -0.39 is 0 Å². The average Bonchev–Trinajstić information content (AvgIpc) is 3.25. The zero-order valence-electron chi connectivity index (χ0n) is 21.1. The second kappa shape index (κ2) is 11.1. The van der Waals surface area contributed by atoms with Crippen LogP contribution in [0.1, 0.15) is 70.4 Å². The van der Waals surface area contributed by atoms with Gasteiger partial charge in [-0.25, -0.2) is 4.99 Å². The van der Waals surface area contributed by atoms with Crippen LogP contribution in [-0.4, -0.2) is 77.7 Å². The Kier molecular flexibility index (Phi) is 7.93. The molecule has 1 aromatic carbocycles. The van der Waals surface area contributed by atoms with Gasteiger partial charge in [-0.05, 0) is 51.3 Å². The maximum absolute atomic E-state index is 13.1. The lowest BCUT2D eigenvalue weighted by Crippen LogP contribution is -2.47. The fraction of sp³-hybridized carbons (Fsp3) is 0.615. The van der Waals surface area contributed by atoms with Crippen molar-refractivity contribution in [2.75, 3.05) is 33.3 Å². The van der Waals surface area contributed by atoms with E-state index in [1.165, 1.54) is 6.42 Å². The molecule has 35 heavy (non-hydrogen) atoms. The Labute approximate surface area is 207 Å². The van der Waals surface area contributed by atoms with E-state index in [0.717, 1.165) is 42.7 Å². The standard InChI is InChI=1S/C26H37N5O4/c1-4-29(3)25(34)17-31(19-9-6-5-7-10-19)24(33)11-8-14-35-20-12-13-22-21(15-20)18(2)30-16-23(32)28-26(30)27-22/h12-13,15,18-19H,4-11,14,16-17H2,1-3H3,(H,27,28,32). The predicted octanol–water partition coefficient (Wildman–Crippen LogP) is 2.98. The number of ether oxygens (including phenoxy) is 1. The summed E-state index contributed by atoms with van der Waals surface area (Å²) in [6, 6.07) is 5.92. The van der Waals surface area contributed by atoms with Crippen molar-refractivity contribution < 1.29 is 19.1 Å². The largest absolute Gasteiger partial charge is 0.494 e. The summed E-state index contributed by atoms with van der Waals surface area (Å²) >= 11 is 0. The van der Waals surface area contributed by atoms with Crippen LogP contribution in [0.5, 0.6) is 5.75 Å². The number of fused-ring (bicyclic) bond motifs is 2. The van der Waals surface area contributed by atoms with Gasteiger partial charge in [0.1, 0.15) is 12.3 Å². The summed E-state index contributed by atoms with van der Waals surface area (Å²) in [7, 11) is 1.78. The van der Waals surface area contributed by atoms with Crippen LogP contribution in [0.2, 0.25) is 0 Å². The second-order valence-electron chi connectivity index (χ2n) is 9.68. The molecule has 1 saturated carbocycles. The third kappa shape index (κ3) is 5.77. The molecule has 9 heteroatoms. The molecule has 2 heterocycles. The number of guanidine groups is 1. The average molecular weight is 484 g/mol. The molecule has 2 aliphatic heterocycles. The van der Waals surface area contributed by atoms with Gasteiger partial charge in [0.2, 0.25) is 23.7 Å². The van der Waals surface area contributed by atoms with Crippen molar-refractivity contribution in [2.24, 2.45) is 4.99 Å². The van der Waals surface area contributed by atoms with Crippen LogP contribution in [0.4, 0.5) is 5.69 Å². The van der Waals surface area contributed by atoms with Crippen LogP contribution in [0.15, 0.2) is 23.2 Å². The van der Waals surface area contributed by atoms with Crippen molar-refractivity contribution in [3.05, 3.63) is 23.8 Å². The van der Waals surface area contributed by atoms with Crippen molar-refractivity contribution in [2.45, 2.75) is 70.9 Å². The number of hydrogen-bond donors (Lipinski definition) is 1. The number of carbonyl (C=O) groups is 3. The van der Waals surface area contributed by atoms with Crippen LogP contribution in [0.3, 0.4) is 0 Å². The molecule has 190 valence electrons. The fourth-order valence-electron chi connectivity index (χ4n) is 5.03. The Morgan fingerprint density at radius 1 is 1.20 bits per heavy atom. The van der Waals surface area contributed by atoms with Gasteiger partial charge in [0.05, 0.1) is 24.9 Å². The molecule has 3 aliphatic rings. The Balaban J connectivity index is 1.31. The van der Waals surface area contributed by atoms with Gasteiger partial charge in [-0.15, -0.1) is 0 Å². The molecular formula is C26H37N5O4. The first-order valence-corrected chi connectivity index (χ1v) is 12.8. The van der Waals surface area contributed by atoms with E-state index in [1.54, 1.807) is 11.9 Å². The van der Waals surface area contributed by atoms with Crippen LogP contribution < -0.4 is 10.1 Å². The summed E-state index contributed by atoms with van der Waals surface area (Å²) in [5.74, 6) is 1.31. The minimum Gasteiger partial charge on any atom is -0.494 e. The van der Waals surface area contributed by atoms with E-state index in [9.17, 15) is 14.4 Å². The summed E-state index contributed by atoms with van der Waals surface area (Å²) in [5.41, 5.74) is 1.85. The minimum atomic E-state index is -0.0464. The quantitative estimate of drug-likeness (QED) is 0.545. The van der Waals surface area contributed by atoms with Crippen molar-refractivity contribution >= 4 is 29.4 Å². The first-order valence-electron chi connectivity index (χ1n) is 12.8. The monoisotopic (exact) mass is 483 g/mol. The molecule has 0 spiro atoms. The van der Waals surface area contributed by atoms with Crippen molar-refractivity contribution in [1.29, 1.82) is 0 Å². The lowest BCUT2D eigenvalue weighted by molar-refractivity contribution is -0.142. The highest BCUT2D eigenvalue weighted by molar-refractivity contribution is 6.06. The minimum absolute atomic E-state index is 0.00780. The molecule has 0 radical (unpaired) electrons. The van der Waals surface area contributed by atoms with Gasteiger partial charge in [-0.3, -0.25) is 19.7 Å². The normalized spacial score (nSPS) is 19.4. The zero-order valence-corrected chi connectivity index (χ0v) is 21.1. The Morgan fingerprint density at radius 3 is 2.71 bits per heavy atom. The van der Waals surface area contributed by atoms with E-state index in [-0.39, 0.29) is 36.3 Å². The highest BCUT2D eigenvalue weighted by Crippen LogP contribution is 2.37. The van der Waals surface area contributed by atoms with Gasteiger partial charge in [0.15, 0.2) is 0 Å². The van der Waals surface area contributed by atoms with Gasteiger partial charge < -0.3 is 19.4 Å². The maximum atomic E-state index is 13.1. The molecule has 1 N–H and O–H groups in total. The molecule has 3 amide bonds. The number of nitrogens with one attached hydrogen (secondary N) is 1. The number of nitrogens with zero attached hydrogens (tertiary/aromatic N) is 4. The van der Waals surface area contributed by atoms with E-state index in [4.69, 9.17) is 4.74 Å². The molecule has 1 aromatic rings. The Morgan fingerprint density at radius 2 is 1.97 bits per heavy atom.